The van der Waals surface area contributed by atoms with E-state index in [1.807, 2.05) is 6.92 Å². The van der Waals surface area contributed by atoms with Crippen molar-refractivity contribution in [2.75, 3.05) is 5.73 Å². The van der Waals surface area contributed by atoms with Crippen LogP contribution in [-0.4, -0.2) is 13.4 Å². The lowest BCUT2D eigenvalue weighted by Gasteiger charge is -2.10. The van der Waals surface area contributed by atoms with Crippen LogP contribution in [0.15, 0.2) is 41.6 Å². The Kier molecular flexibility index (Phi) is 4.01. The van der Waals surface area contributed by atoms with Gasteiger partial charge in [-0.25, -0.2) is 17.5 Å². The highest BCUT2D eigenvalue weighted by atomic mass is 32.2. The Hall–Kier alpha value is -1.99. The number of halogens is 1. The fourth-order valence-electron chi connectivity index (χ4n) is 1.70. The normalized spacial score (nSPS) is 11.5. The number of aromatic nitrogens is 1. The maximum Gasteiger partial charge on any atom is 0.243 e. The van der Waals surface area contributed by atoms with Gasteiger partial charge in [-0.1, -0.05) is 6.07 Å². The number of nitrogen functional groups attached to an aromatic ring is 1. The van der Waals surface area contributed by atoms with Gasteiger partial charge >= 0.3 is 0 Å². The molecule has 1 aromatic heterocycles. The van der Waals surface area contributed by atoms with Crippen LogP contribution in [0.2, 0.25) is 0 Å². The Morgan fingerprint density at radius 2 is 2.10 bits per heavy atom. The summed E-state index contributed by atoms with van der Waals surface area (Å²) in [6.07, 6.45) is 3.22. The van der Waals surface area contributed by atoms with Crippen LogP contribution in [0.3, 0.4) is 0 Å². The van der Waals surface area contributed by atoms with Gasteiger partial charge in [0, 0.05) is 18.9 Å². The number of aryl methyl sites for hydroxylation is 1. The first-order valence-corrected chi connectivity index (χ1v) is 7.33. The number of hydrogen-bond donors (Lipinski definition) is 2. The molecule has 0 spiro atoms. The molecule has 5 nitrogen and oxygen atoms in total. The summed E-state index contributed by atoms with van der Waals surface area (Å²) in [5.41, 5.74) is 6.73. The first-order chi connectivity index (χ1) is 9.42. The quantitative estimate of drug-likeness (QED) is 0.839. The molecule has 0 amide bonds. The van der Waals surface area contributed by atoms with Gasteiger partial charge in [0.2, 0.25) is 10.0 Å². The summed E-state index contributed by atoms with van der Waals surface area (Å²) in [6, 6.07) is 5.40. The fraction of sp³-hybridized carbons (Fsp3) is 0.154. The number of benzene rings is 1. The third kappa shape index (κ3) is 2.94. The summed E-state index contributed by atoms with van der Waals surface area (Å²) < 4.78 is 39.9. The Bertz CT molecular complexity index is 732. The third-order valence-electron chi connectivity index (χ3n) is 2.89. The Morgan fingerprint density at radius 1 is 1.35 bits per heavy atom. The van der Waals surface area contributed by atoms with Gasteiger partial charge in [-0.3, -0.25) is 4.98 Å². The van der Waals surface area contributed by atoms with Crippen molar-refractivity contribution in [1.82, 2.24) is 9.71 Å². The second kappa shape index (κ2) is 5.56. The average Bonchev–Trinajstić information content (AvgIpc) is 2.41. The number of hydrogen-bond acceptors (Lipinski definition) is 4. The second-order valence-electron chi connectivity index (χ2n) is 4.28. The molecule has 2 rings (SSSR count). The SMILES string of the molecule is Cc1cnccc1CNS(=O)(=O)c1cccc(F)c1N. The van der Waals surface area contributed by atoms with Crippen LogP contribution in [0.25, 0.3) is 0 Å². The monoisotopic (exact) mass is 295 g/mol. The maximum absolute atomic E-state index is 13.3. The van der Waals surface area contributed by atoms with E-state index in [1.54, 1.807) is 18.5 Å². The van der Waals surface area contributed by atoms with Crippen LogP contribution in [0.4, 0.5) is 10.1 Å². The van der Waals surface area contributed by atoms with Gasteiger partial charge in [-0.2, -0.15) is 0 Å². The molecule has 0 saturated carbocycles. The van der Waals surface area contributed by atoms with Crippen molar-refractivity contribution in [3.8, 4) is 0 Å². The van der Waals surface area contributed by atoms with Gasteiger partial charge in [-0.15, -0.1) is 0 Å². The summed E-state index contributed by atoms with van der Waals surface area (Å²) in [4.78, 5) is 3.67. The molecule has 1 aromatic carbocycles. The zero-order valence-corrected chi connectivity index (χ0v) is 11.6. The smallest absolute Gasteiger partial charge is 0.243 e. The maximum atomic E-state index is 13.3. The molecule has 0 saturated heterocycles. The van der Waals surface area contributed by atoms with E-state index in [0.29, 0.717) is 0 Å². The number of nitrogens with one attached hydrogen (secondary N) is 1. The van der Waals surface area contributed by atoms with Gasteiger partial charge in [0.25, 0.3) is 0 Å². The molecule has 3 N–H and O–H groups in total. The molecule has 0 aliphatic carbocycles. The van der Waals surface area contributed by atoms with Gasteiger partial charge < -0.3 is 5.73 Å². The Balaban J connectivity index is 2.24. The largest absolute Gasteiger partial charge is 0.395 e. The number of nitrogens with zero attached hydrogens (tertiary/aromatic N) is 1. The molecule has 0 unspecified atom stereocenters. The summed E-state index contributed by atoms with van der Waals surface area (Å²) in [6.45, 7) is 1.92. The fourth-order valence-corrected chi connectivity index (χ4v) is 2.85. The van der Waals surface area contributed by atoms with Crippen LogP contribution < -0.4 is 10.5 Å². The van der Waals surface area contributed by atoms with Crippen molar-refractivity contribution >= 4 is 15.7 Å². The number of para-hydroxylation sites is 1. The van der Waals surface area contributed by atoms with E-state index in [1.165, 1.54) is 12.1 Å². The summed E-state index contributed by atoms with van der Waals surface area (Å²) >= 11 is 0. The molecule has 0 bridgehead atoms. The highest BCUT2D eigenvalue weighted by Crippen LogP contribution is 2.21. The van der Waals surface area contributed by atoms with E-state index in [9.17, 15) is 12.8 Å². The molecule has 20 heavy (non-hydrogen) atoms. The highest BCUT2D eigenvalue weighted by molar-refractivity contribution is 7.89. The average molecular weight is 295 g/mol. The molecule has 1 heterocycles. The minimum absolute atomic E-state index is 0.0899. The van der Waals surface area contributed by atoms with E-state index < -0.39 is 15.8 Å². The lowest BCUT2D eigenvalue weighted by Crippen LogP contribution is -2.24. The van der Waals surface area contributed by atoms with Gasteiger partial charge in [0.05, 0.1) is 5.69 Å². The van der Waals surface area contributed by atoms with Crippen LogP contribution in [-0.2, 0) is 16.6 Å². The first-order valence-electron chi connectivity index (χ1n) is 5.85. The van der Waals surface area contributed by atoms with Crippen molar-refractivity contribution in [3.63, 3.8) is 0 Å². The molecule has 0 fully saturated rings. The van der Waals surface area contributed by atoms with Crippen LogP contribution in [0.5, 0.6) is 0 Å². The summed E-state index contributed by atoms with van der Waals surface area (Å²) in [5.74, 6) is -0.757. The van der Waals surface area contributed by atoms with E-state index in [2.05, 4.69) is 9.71 Å². The predicted octanol–water partition coefficient (Wildman–Crippen LogP) is 1.59. The molecule has 0 atom stereocenters. The van der Waals surface area contributed by atoms with Crippen molar-refractivity contribution in [2.45, 2.75) is 18.4 Å². The Labute approximate surface area is 116 Å². The number of anilines is 1. The van der Waals surface area contributed by atoms with E-state index in [0.717, 1.165) is 17.2 Å². The Morgan fingerprint density at radius 3 is 2.80 bits per heavy atom. The zero-order chi connectivity index (χ0) is 14.8. The topological polar surface area (TPSA) is 85.1 Å². The van der Waals surface area contributed by atoms with Crippen LogP contribution in [0, 0.1) is 12.7 Å². The lowest BCUT2D eigenvalue weighted by atomic mass is 10.2. The van der Waals surface area contributed by atoms with Crippen LogP contribution >= 0.6 is 0 Å². The zero-order valence-electron chi connectivity index (χ0n) is 10.8. The summed E-state index contributed by atoms with van der Waals surface area (Å²) in [5, 5.41) is 0. The minimum atomic E-state index is -3.86. The molecule has 0 radical (unpaired) electrons. The van der Waals surface area contributed by atoms with E-state index in [4.69, 9.17) is 5.73 Å². The number of nitrogens with two attached hydrogens (primary N) is 1. The molecular weight excluding hydrogens is 281 g/mol. The number of pyridine rings is 1. The highest BCUT2D eigenvalue weighted by Gasteiger charge is 2.19. The number of sulfonamides is 1. The van der Waals surface area contributed by atoms with Gasteiger partial charge in [0.15, 0.2) is 0 Å². The minimum Gasteiger partial charge on any atom is -0.395 e. The van der Waals surface area contributed by atoms with Gasteiger partial charge in [0.1, 0.15) is 10.7 Å². The summed E-state index contributed by atoms with van der Waals surface area (Å²) in [7, 11) is -3.86. The van der Waals surface area contributed by atoms with Crippen molar-refractivity contribution in [2.24, 2.45) is 0 Å². The third-order valence-corrected chi connectivity index (χ3v) is 4.35. The van der Waals surface area contributed by atoms with Gasteiger partial charge in [-0.05, 0) is 36.2 Å². The number of rotatable bonds is 4. The molecule has 106 valence electrons. The molecular formula is C13H14FN3O2S. The molecule has 2 aromatic rings. The lowest BCUT2D eigenvalue weighted by molar-refractivity contribution is 0.578. The second-order valence-corrected chi connectivity index (χ2v) is 6.01. The molecule has 7 heteroatoms. The first kappa shape index (κ1) is 14.4. The van der Waals surface area contributed by atoms with Crippen molar-refractivity contribution < 1.29 is 12.8 Å². The van der Waals surface area contributed by atoms with E-state index in [-0.39, 0.29) is 17.1 Å². The van der Waals surface area contributed by atoms with Crippen LogP contribution in [0.1, 0.15) is 11.1 Å². The van der Waals surface area contributed by atoms with Crippen molar-refractivity contribution in [3.05, 3.63) is 53.6 Å². The van der Waals surface area contributed by atoms with Crippen molar-refractivity contribution in [1.29, 1.82) is 0 Å². The molecule has 0 aliphatic rings. The molecule has 0 aliphatic heterocycles. The predicted molar refractivity (Wildman–Crippen MR) is 73.8 cm³/mol. The van der Waals surface area contributed by atoms with E-state index >= 15 is 0 Å². The standard InChI is InChI=1S/C13H14FN3O2S/c1-9-7-16-6-5-10(9)8-17-20(18,19)12-4-2-3-11(14)13(12)15/h2-7,17H,8,15H2,1H3.